The van der Waals surface area contributed by atoms with Crippen molar-refractivity contribution < 1.29 is 19.0 Å². The summed E-state index contributed by atoms with van der Waals surface area (Å²) in [5.41, 5.74) is 0.538. The number of hydrogen-bond acceptors (Lipinski definition) is 5. The van der Waals surface area contributed by atoms with Crippen LogP contribution >= 0.6 is 8.03 Å². The van der Waals surface area contributed by atoms with E-state index >= 15 is 0 Å². The summed E-state index contributed by atoms with van der Waals surface area (Å²) >= 11 is 0. The molecule has 3 rings (SSSR count). The van der Waals surface area contributed by atoms with Crippen LogP contribution in [0.15, 0.2) is 35.3 Å². The second kappa shape index (κ2) is 5.51. The van der Waals surface area contributed by atoms with Crippen LogP contribution in [-0.2, 0) is 4.57 Å². The van der Waals surface area contributed by atoms with E-state index in [4.69, 9.17) is 0 Å². The van der Waals surface area contributed by atoms with Crippen molar-refractivity contribution in [2.24, 2.45) is 0 Å². The molecule has 0 N–H and O–H groups in total. The summed E-state index contributed by atoms with van der Waals surface area (Å²) in [6.45, 7) is 1.23. The highest BCUT2D eigenvalue weighted by Gasteiger charge is 2.41. The highest BCUT2D eigenvalue weighted by atomic mass is 31.1. The minimum absolute atomic E-state index is 0.0644. The number of fused-ring (bicyclic) bond motifs is 1. The first-order valence-corrected chi connectivity index (χ1v) is 8.11. The van der Waals surface area contributed by atoms with Crippen molar-refractivity contribution in [3.05, 3.63) is 46.4 Å². The number of benzene rings is 1. The first kappa shape index (κ1) is 14.1. The molecule has 1 aromatic rings. The summed E-state index contributed by atoms with van der Waals surface area (Å²) < 4.78 is 11.6. The van der Waals surface area contributed by atoms with Crippen LogP contribution in [0.1, 0.15) is 40.0 Å². The summed E-state index contributed by atoms with van der Waals surface area (Å²) in [7, 11) is -3.11. The molecule has 5 nitrogen and oxygen atoms in total. The number of hydrogen-bond donors (Lipinski definition) is 0. The fourth-order valence-electron chi connectivity index (χ4n) is 2.93. The lowest BCUT2D eigenvalue weighted by atomic mass is 9.91. The number of piperidine rings is 1. The van der Waals surface area contributed by atoms with Crippen molar-refractivity contribution in [2.75, 3.05) is 13.1 Å². The Morgan fingerprint density at radius 3 is 2.10 bits per heavy atom. The SMILES string of the molecule is O=C1C(N2CCCCC2)=C([P+](=O)[O-])C(=O)c2ccccc21. The maximum absolute atomic E-state index is 12.7. The molecule has 1 aliphatic heterocycles. The van der Waals surface area contributed by atoms with Crippen LogP contribution in [-0.4, -0.2) is 29.6 Å². The summed E-state index contributed by atoms with van der Waals surface area (Å²) in [5.74, 6) is -0.928. The predicted molar refractivity (Wildman–Crippen MR) is 75.2 cm³/mol. The van der Waals surface area contributed by atoms with Gasteiger partial charge in [-0.15, -0.1) is 0 Å². The van der Waals surface area contributed by atoms with E-state index in [0.717, 1.165) is 19.3 Å². The van der Waals surface area contributed by atoms with Crippen molar-refractivity contribution in [2.45, 2.75) is 19.3 Å². The monoisotopic (exact) mass is 303 g/mol. The Kier molecular flexibility index (Phi) is 3.70. The van der Waals surface area contributed by atoms with Crippen LogP contribution in [0.25, 0.3) is 0 Å². The smallest absolute Gasteiger partial charge is 0.355 e. The zero-order valence-corrected chi connectivity index (χ0v) is 12.3. The van der Waals surface area contributed by atoms with Gasteiger partial charge in [-0.2, -0.15) is 0 Å². The fourth-order valence-corrected chi connectivity index (χ4v) is 3.63. The number of carbonyl (C=O) groups is 2. The van der Waals surface area contributed by atoms with E-state index < -0.39 is 13.8 Å². The molecular weight excluding hydrogens is 289 g/mol. The van der Waals surface area contributed by atoms with Gasteiger partial charge in [-0.25, -0.2) is 0 Å². The Labute approximate surface area is 123 Å². The largest absolute Gasteiger partial charge is 0.591 e. The van der Waals surface area contributed by atoms with Crippen LogP contribution in [0.2, 0.25) is 0 Å². The normalized spacial score (nSPS) is 19.7. The van der Waals surface area contributed by atoms with Crippen molar-refractivity contribution in [1.82, 2.24) is 4.90 Å². The molecule has 1 aliphatic carbocycles. The predicted octanol–water partition coefficient (Wildman–Crippen LogP) is 1.87. The molecule has 1 heterocycles. The highest BCUT2D eigenvalue weighted by molar-refractivity contribution is 7.43. The second-order valence-corrected chi connectivity index (χ2v) is 6.17. The number of likely N-dealkylation sites (tertiary alicyclic amines) is 1. The van der Waals surface area contributed by atoms with Crippen LogP contribution in [0, 0.1) is 0 Å². The van der Waals surface area contributed by atoms with Gasteiger partial charge in [0.25, 0.3) is 5.31 Å². The van der Waals surface area contributed by atoms with Crippen LogP contribution < -0.4 is 4.89 Å². The van der Waals surface area contributed by atoms with Gasteiger partial charge >= 0.3 is 8.03 Å². The number of rotatable bonds is 2. The molecule has 1 fully saturated rings. The number of carbonyl (C=O) groups excluding carboxylic acids is 2. The lowest BCUT2D eigenvalue weighted by Crippen LogP contribution is -2.37. The molecule has 1 aromatic carbocycles. The Morgan fingerprint density at radius 1 is 0.952 bits per heavy atom. The van der Waals surface area contributed by atoms with Crippen molar-refractivity contribution >= 4 is 19.6 Å². The lowest BCUT2D eigenvalue weighted by Gasteiger charge is -2.31. The van der Waals surface area contributed by atoms with Gasteiger partial charge in [0.15, 0.2) is 0 Å². The zero-order chi connectivity index (χ0) is 15.0. The van der Waals surface area contributed by atoms with Crippen LogP contribution in [0.5, 0.6) is 0 Å². The molecule has 0 spiro atoms. The summed E-state index contributed by atoms with van der Waals surface area (Å²) in [6.07, 6.45) is 2.85. The van der Waals surface area contributed by atoms with E-state index in [2.05, 4.69) is 0 Å². The van der Waals surface area contributed by atoms with Crippen LogP contribution in [0.4, 0.5) is 0 Å². The molecule has 108 valence electrons. The molecule has 1 atom stereocenters. The Morgan fingerprint density at radius 2 is 1.52 bits per heavy atom. The minimum Gasteiger partial charge on any atom is -0.591 e. The van der Waals surface area contributed by atoms with E-state index in [1.54, 1.807) is 23.1 Å². The number of allylic oxidation sites excluding steroid dienone is 2. The quantitative estimate of drug-likeness (QED) is 0.779. The molecule has 6 heteroatoms. The lowest BCUT2D eigenvalue weighted by molar-refractivity contribution is -0.161. The maximum atomic E-state index is 12.7. The van der Waals surface area contributed by atoms with Crippen LogP contribution in [0.3, 0.4) is 0 Å². The average molecular weight is 303 g/mol. The second-order valence-electron chi connectivity index (χ2n) is 5.21. The molecule has 1 unspecified atom stereocenters. The van der Waals surface area contributed by atoms with Gasteiger partial charge in [-0.05, 0) is 19.3 Å². The van der Waals surface area contributed by atoms with Crippen molar-refractivity contribution in [1.29, 1.82) is 0 Å². The Balaban J connectivity index is 2.17. The molecule has 0 aromatic heterocycles. The molecule has 1 saturated heterocycles. The van der Waals surface area contributed by atoms with Gasteiger partial charge in [0, 0.05) is 24.2 Å². The molecular formula is C15H14NO4P. The summed E-state index contributed by atoms with van der Waals surface area (Å²) in [5, 5.41) is -0.351. The standard InChI is InChI=1S/C15H14NO4P/c17-13-10-6-2-3-7-11(10)14(18)15(21(19)20)12(13)16-8-4-1-5-9-16/h2-3,6-7H,1,4-5,8-9H2. The van der Waals surface area contributed by atoms with Gasteiger partial charge in [-0.3, -0.25) is 9.59 Å². The van der Waals surface area contributed by atoms with Gasteiger partial charge < -0.3 is 9.79 Å². The third-order valence-electron chi connectivity index (χ3n) is 3.93. The summed E-state index contributed by atoms with van der Waals surface area (Å²) in [4.78, 5) is 38.4. The molecule has 0 radical (unpaired) electrons. The Bertz CT molecular complexity index is 674. The number of Topliss-reactive ketones (excluding diaryl/α,β-unsaturated/α-hetero) is 2. The van der Waals surface area contributed by atoms with E-state index in [1.165, 1.54) is 6.07 Å². The van der Waals surface area contributed by atoms with Gasteiger partial charge in [-0.1, -0.05) is 28.8 Å². The first-order chi connectivity index (χ1) is 10.1. The summed E-state index contributed by atoms with van der Waals surface area (Å²) in [6, 6.07) is 6.39. The maximum Gasteiger partial charge on any atom is 0.355 e. The van der Waals surface area contributed by atoms with E-state index in [1.807, 2.05) is 0 Å². The highest BCUT2D eigenvalue weighted by Crippen LogP contribution is 2.38. The van der Waals surface area contributed by atoms with Gasteiger partial charge in [0.1, 0.15) is 5.70 Å². The van der Waals surface area contributed by atoms with E-state index in [9.17, 15) is 19.0 Å². The van der Waals surface area contributed by atoms with Crippen molar-refractivity contribution in [3.8, 4) is 0 Å². The third kappa shape index (κ3) is 2.33. The minimum atomic E-state index is -3.11. The van der Waals surface area contributed by atoms with Gasteiger partial charge in [0.2, 0.25) is 11.6 Å². The van der Waals surface area contributed by atoms with E-state index in [0.29, 0.717) is 18.7 Å². The number of nitrogens with zero attached hydrogens (tertiary/aromatic N) is 1. The zero-order valence-electron chi connectivity index (χ0n) is 11.4. The molecule has 2 aliphatic rings. The first-order valence-electron chi connectivity index (χ1n) is 6.93. The topological polar surface area (TPSA) is 77.5 Å². The average Bonchev–Trinajstić information content (AvgIpc) is 2.51. The van der Waals surface area contributed by atoms with Crippen molar-refractivity contribution in [3.63, 3.8) is 0 Å². The molecule has 0 bridgehead atoms. The Hall–Kier alpha value is -1.84. The third-order valence-corrected chi connectivity index (χ3v) is 4.71. The van der Waals surface area contributed by atoms with Gasteiger partial charge in [0.05, 0.1) is 0 Å². The molecule has 21 heavy (non-hydrogen) atoms. The molecule has 0 amide bonds. The van der Waals surface area contributed by atoms with E-state index in [-0.39, 0.29) is 22.4 Å². The number of ketones is 2. The fraction of sp³-hybridized carbons (Fsp3) is 0.333. The molecule has 0 saturated carbocycles.